The summed E-state index contributed by atoms with van der Waals surface area (Å²) in [6, 6.07) is 0. The Hall–Kier alpha value is -0.570. The van der Waals surface area contributed by atoms with Gasteiger partial charge in [-0.1, -0.05) is 33.1 Å². The molecule has 0 amide bonds. The van der Waals surface area contributed by atoms with E-state index in [1.807, 2.05) is 0 Å². The van der Waals surface area contributed by atoms with Crippen LogP contribution in [0, 0.1) is 5.92 Å². The fourth-order valence-corrected chi connectivity index (χ4v) is 2.51. The summed E-state index contributed by atoms with van der Waals surface area (Å²) in [5.74, 6) is 0.591. The van der Waals surface area contributed by atoms with Crippen LogP contribution in [0.2, 0.25) is 0 Å². The van der Waals surface area contributed by atoms with Crippen LogP contribution in [-0.2, 0) is 9.53 Å². The van der Waals surface area contributed by atoms with Crippen LogP contribution in [0.1, 0.15) is 52.4 Å². The maximum Gasteiger partial charge on any atom is 0.306 e. The molecule has 0 aromatic rings. The Morgan fingerprint density at radius 1 is 1.18 bits per heavy atom. The van der Waals surface area contributed by atoms with E-state index < -0.39 is 0 Å². The van der Waals surface area contributed by atoms with Crippen LogP contribution in [0.3, 0.4) is 0 Å². The molecule has 0 aromatic carbocycles. The highest BCUT2D eigenvalue weighted by atomic mass is 16.5. The van der Waals surface area contributed by atoms with Gasteiger partial charge in [-0.15, -0.1) is 0 Å². The average Bonchev–Trinajstić information content (AvgIpc) is 2.36. The predicted octanol–water partition coefficient (Wildman–Crippen LogP) is 2.84. The normalized spacial score (nSPS) is 17.4. The van der Waals surface area contributed by atoms with Gasteiger partial charge in [0.1, 0.15) is 6.61 Å². The summed E-state index contributed by atoms with van der Waals surface area (Å²) >= 11 is 0. The van der Waals surface area contributed by atoms with Crippen LogP contribution < -0.4 is 0 Å². The van der Waals surface area contributed by atoms with Crippen molar-refractivity contribution in [1.29, 1.82) is 0 Å². The topological polar surface area (TPSA) is 29.5 Å². The van der Waals surface area contributed by atoms with Crippen molar-refractivity contribution in [3.8, 4) is 0 Å². The third-order valence-electron chi connectivity index (χ3n) is 3.75. The molecule has 0 N–H and O–H groups in total. The lowest BCUT2D eigenvalue weighted by Gasteiger charge is -2.21. The standard InChI is InChI=1S/C14H27NO2/c1-3-15(4-2)10-11-17-14(16)12-13-8-6-5-7-9-13/h13H,3-12H2,1-2H3. The van der Waals surface area contributed by atoms with Gasteiger partial charge in [0.15, 0.2) is 0 Å². The number of esters is 1. The van der Waals surface area contributed by atoms with Gasteiger partial charge in [0, 0.05) is 13.0 Å². The number of likely N-dealkylation sites (N-methyl/N-ethyl adjacent to an activating group) is 1. The van der Waals surface area contributed by atoms with Crippen molar-refractivity contribution in [2.45, 2.75) is 52.4 Å². The van der Waals surface area contributed by atoms with Crippen LogP contribution >= 0.6 is 0 Å². The molecule has 0 atom stereocenters. The van der Waals surface area contributed by atoms with Gasteiger partial charge in [0.25, 0.3) is 0 Å². The quantitative estimate of drug-likeness (QED) is 0.642. The van der Waals surface area contributed by atoms with Gasteiger partial charge in [-0.25, -0.2) is 0 Å². The molecule has 3 nitrogen and oxygen atoms in total. The average molecular weight is 241 g/mol. The van der Waals surface area contributed by atoms with Gasteiger partial charge in [-0.3, -0.25) is 4.79 Å². The van der Waals surface area contributed by atoms with Crippen LogP contribution in [-0.4, -0.2) is 37.1 Å². The first-order valence-corrected chi connectivity index (χ1v) is 7.14. The maximum absolute atomic E-state index is 11.6. The number of carbonyl (C=O) groups excluding carboxylic acids is 1. The molecular weight excluding hydrogens is 214 g/mol. The van der Waals surface area contributed by atoms with Crippen molar-refractivity contribution >= 4 is 5.97 Å². The van der Waals surface area contributed by atoms with Gasteiger partial charge >= 0.3 is 5.97 Å². The molecule has 0 unspecified atom stereocenters. The lowest BCUT2D eigenvalue weighted by Crippen LogP contribution is -2.28. The Bertz CT molecular complexity index is 208. The molecule has 0 saturated heterocycles. The van der Waals surface area contributed by atoms with E-state index in [1.165, 1.54) is 32.1 Å². The van der Waals surface area contributed by atoms with E-state index in [-0.39, 0.29) is 5.97 Å². The second-order valence-corrected chi connectivity index (χ2v) is 4.96. The van der Waals surface area contributed by atoms with Crippen LogP contribution in [0.5, 0.6) is 0 Å². The fraction of sp³-hybridized carbons (Fsp3) is 0.929. The Kier molecular flexibility index (Phi) is 7.25. The molecule has 0 bridgehead atoms. The molecule has 1 rings (SSSR count). The third kappa shape index (κ3) is 6.06. The summed E-state index contributed by atoms with van der Waals surface area (Å²) in [4.78, 5) is 13.9. The van der Waals surface area contributed by atoms with Crippen molar-refractivity contribution in [1.82, 2.24) is 4.90 Å². The van der Waals surface area contributed by atoms with Crippen molar-refractivity contribution in [2.75, 3.05) is 26.2 Å². The van der Waals surface area contributed by atoms with Gasteiger partial charge < -0.3 is 9.64 Å². The molecule has 0 aliphatic heterocycles. The van der Waals surface area contributed by atoms with Gasteiger partial charge in [-0.2, -0.15) is 0 Å². The Balaban J connectivity index is 2.07. The van der Waals surface area contributed by atoms with Gasteiger partial charge in [0.2, 0.25) is 0 Å². The maximum atomic E-state index is 11.6. The number of hydrogen-bond acceptors (Lipinski definition) is 3. The lowest BCUT2D eigenvalue weighted by atomic mass is 9.87. The SMILES string of the molecule is CCN(CC)CCOC(=O)CC1CCCCC1. The summed E-state index contributed by atoms with van der Waals surface area (Å²) in [7, 11) is 0. The van der Waals surface area contributed by atoms with E-state index in [9.17, 15) is 4.79 Å². The summed E-state index contributed by atoms with van der Waals surface area (Å²) in [5.41, 5.74) is 0. The Labute approximate surface area is 106 Å². The molecule has 17 heavy (non-hydrogen) atoms. The first-order chi connectivity index (χ1) is 8.26. The predicted molar refractivity (Wildman–Crippen MR) is 69.9 cm³/mol. The molecule has 0 spiro atoms. The molecule has 1 fully saturated rings. The second-order valence-electron chi connectivity index (χ2n) is 4.96. The minimum absolute atomic E-state index is 0.00376. The highest BCUT2D eigenvalue weighted by molar-refractivity contribution is 5.69. The molecular formula is C14H27NO2. The molecule has 0 aromatic heterocycles. The van der Waals surface area contributed by atoms with Crippen LogP contribution in [0.15, 0.2) is 0 Å². The van der Waals surface area contributed by atoms with E-state index in [1.54, 1.807) is 0 Å². The zero-order valence-electron chi connectivity index (χ0n) is 11.4. The summed E-state index contributed by atoms with van der Waals surface area (Å²) in [6.07, 6.45) is 6.98. The zero-order valence-corrected chi connectivity index (χ0v) is 11.4. The molecule has 1 saturated carbocycles. The summed E-state index contributed by atoms with van der Waals surface area (Å²) in [6.45, 7) is 7.73. The monoisotopic (exact) mass is 241 g/mol. The zero-order chi connectivity index (χ0) is 12.5. The fourth-order valence-electron chi connectivity index (χ4n) is 2.51. The summed E-state index contributed by atoms with van der Waals surface area (Å²) in [5, 5.41) is 0. The number of nitrogens with zero attached hydrogens (tertiary/aromatic N) is 1. The van der Waals surface area contributed by atoms with E-state index >= 15 is 0 Å². The molecule has 100 valence electrons. The largest absolute Gasteiger partial charge is 0.464 e. The Morgan fingerprint density at radius 3 is 2.41 bits per heavy atom. The van der Waals surface area contributed by atoms with Crippen molar-refractivity contribution in [2.24, 2.45) is 5.92 Å². The first kappa shape index (κ1) is 14.5. The van der Waals surface area contributed by atoms with Gasteiger partial charge in [0.05, 0.1) is 0 Å². The smallest absolute Gasteiger partial charge is 0.306 e. The molecule has 0 heterocycles. The van der Waals surface area contributed by atoms with E-state index in [0.717, 1.165) is 19.6 Å². The number of ether oxygens (including phenoxy) is 1. The van der Waals surface area contributed by atoms with Crippen LogP contribution in [0.4, 0.5) is 0 Å². The van der Waals surface area contributed by atoms with E-state index in [0.29, 0.717) is 18.9 Å². The first-order valence-electron chi connectivity index (χ1n) is 7.14. The molecule has 1 aliphatic rings. The Morgan fingerprint density at radius 2 is 1.82 bits per heavy atom. The lowest BCUT2D eigenvalue weighted by molar-refractivity contribution is -0.145. The van der Waals surface area contributed by atoms with Crippen LogP contribution in [0.25, 0.3) is 0 Å². The van der Waals surface area contributed by atoms with Gasteiger partial charge in [-0.05, 0) is 31.8 Å². The highest BCUT2D eigenvalue weighted by Crippen LogP contribution is 2.26. The van der Waals surface area contributed by atoms with E-state index in [2.05, 4.69) is 18.7 Å². The minimum atomic E-state index is 0.00376. The molecule has 1 aliphatic carbocycles. The van der Waals surface area contributed by atoms with Crippen molar-refractivity contribution in [3.05, 3.63) is 0 Å². The second kappa shape index (κ2) is 8.51. The summed E-state index contributed by atoms with van der Waals surface area (Å²) < 4.78 is 5.30. The minimum Gasteiger partial charge on any atom is -0.464 e. The number of hydrogen-bond donors (Lipinski definition) is 0. The third-order valence-corrected chi connectivity index (χ3v) is 3.75. The number of carbonyl (C=O) groups is 1. The highest BCUT2D eigenvalue weighted by Gasteiger charge is 2.17. The number of rotatable bonds is 7. The molecule has 3 heteroatoms. The molecule has 0 radical (unpaired) electrons. The van der Waals surface area contributed by atoms with E-state index in [4.69, 9.17) is 4.74 Å². The van der Waals surface area contributed by atoms with Crippen molar-refractivity contribution < 1.29 is 9.53 Å². The van der Waals surface area contributed by atoms with Crippen molar-refractivity contribution in [3.63, 3.8) is 0 Å².